The van der Waals surface area contributed by atoms with Gasteiger partial charge < -0.3 is 5.32 Å². The first-order chi connectivity index (χ1) is 14.9. The average Bonchev–Trinajstić information content (AvgIpc) is 3.22. The zero-order chi connectivity index (χ0) is 22.0. The molecule has 0 fully saturated rings. The first kappa shape index (κ1) is 20.5. The Labute approximate surface area is 182 Å². The number of benzene rings is 2. The molecule has 4 aromatic rings. The number of nitrogens with one attached hydrogen (secondary N) is 1. The molecule has 5 heteroatoms. The summed E-state index contributed by atoms with van der Waals surface area (Å²) in [6.07, 6.45) is 3.44. The summed E-state index contributed by atoms with van der Waals surface area (Å²) in [6, 6.07) is 18.1. The number of pyridine rings is 1. The van der Waals surface area contributed by atoms with Crippen LogP contribution in [0.5, 0.6) is 0 Å². The fourth-order valence-corrected chi connectivity index (χ4v) is 3.49. The van der Waals surface area contributed by atoms with E-state index in [9.17, 15) is 4.79 Å². The first-order valence-corrected chi connectivity index (χ1v) is 10.3. The van der Waals surface area contributed by atoms with Crippen molar-refractivity contribution in [1.82, 2.24) is 20.1 Å². The zero-order valence-electron chi connectivity index (χ0n) is 18.3. The molecule has 1 amide bonds. The van der Waals surface area contributed by atoms with Crippen LogP contribution >= 0.6 is 0 Å². The highest BCUT2D eigenvalue weighted by atomic mass is 16.2. The molecular weight excluding hydrogens is 384 g/mol. The number of amides is 1. The van der Waals surface area contributed by atoms with E-state index < -0.39 is 0 Å². The monoisotopic (exact) mass is 410 g/mol. The van der Waals surface area contributed by atoms with Gasteiger partial charge in [0.15, 0.2) is 0 Å². The minimum Gasteiger partial charge on any atom is -0.347 e. The summed E-state index contributed by atoms with van der Waals surface area (Å²) in [6.45, 7) is 8.68. The molecule has 0 bridgehead atoms. The summed E-state index contributed by atoms with van der Waals surface area (Å²) >= 11 is 0. The lowest BCUT2D eigenvalue weighted by Crippen LogP contribution is -2.25. The van der Waals surface area contributed by atoms with Crippen LogP contribution in [0.3, 0.4) is 0 Å². The lowest BCUT2D eigenvalue weighted by atomic mass is 10.0. The van der Waals surface area contributed by atoms with Gasteiger partial charge in [0.2, 0.25) is 0 Å². The molecule has 0 radical (unpaired) electrons. The second-order valence-corrected chi connectivity index (χ2v) is 7.95. The van der Waals surface area contributed by atoms with Gasteiger partial charge in [0.05, 0.1) is 11.4 Å². The molecule has 4 rings (SSSR count). The molecule has 0 aliphatic rings. The van der Waals surface area contributed by atoms with Gasteiger partial charge in [0.1, 0.15) is 5.69 Å². The number of carbonyl (C=O) groups is 1. The molecular formula is C26H26N4O. The van der Waals surface area contributed by atoms with E-state index in [0.29, 0.717) is 12.2 Å². The van der Waals surface area contributed by atoms with Crippen LogP contribution < -0.4 is 5.32 Å². The van der Waals surface area contributed by atoms with Crippen molar-refractivity contribution < 1.29 is 4.79 Å². The van der Waals surface area contributed by atoms with Crippen molar-refractivity contribution >= 4 is 5.91 Å². The van der Waals surface area contributed by atoms with Crippen molar-refractivity contribution in [2.75, 3.05) is 0 Å². The summed E-state index contributed by atoms with van der Waals surface area (Å²) in [4.78, 5) is 17.2. The third kappa shape index (κ3) is 4.40. The Morgan fingerprint density at radius 1 is 0.871 bits per heavy atom. The highest BCUT2D eigenvalue weighted by molar-refractivity contribution is 5.94. The normalized spacial score (nSPS) is 10.8. The molecule has 0 aliphatic carbocycles. The van der Waals surface area contributed by atoms with E-state index in [2.05, 4.69) is 60.5 Å². The molecule has 0 aliphatic heterocycles. The van der Waals surface area contributed by atoms with E-state index in [-0.39, 0.29) is 5.91 Å². The number of carbonyl (C=O) groups excluding carboxylic acids is 1. The lowest BCUT2D eigenvalue weighted by Gasteiger charge is -2.11. The molecule has 2 heterocycles. The van der Waals surface area contributed by atoms with Crippen molar-refractivity contribution in [2.24, 2.45) is 0 Å². The van der Waals surface area contributed by atoms with Crippen LogP contribution in [0.4, 0.5) is 0 Å². The van der Waals surface area contributed by atoms with Crippen molar-refractivity contribution in [1.29, 1.82) is 0 Å². The van der Waals surface area contributed by atoms with E-state index in [4.69, 9.17) is 5.10 Å². The second kappa shape index (κ2) is 8.56. The standard InChI is InChI=1S/C26H26N4O/c1-17-5-6-19(3)24(13-17)30-25(26(31)28-16-21-9-11-27-12-10-21)15-23(29-30)22-8-7-18(2)20(4)14-22/h5-15H,16H2,1-4H3,(H,28,31). The van der Waals surface area contributed by atoms with Crippen molar-refractivity contribution in [2.45, 2.75) is 34.2 Å². The first-order valence-electron chi connectivity index (χ1n) is 10.3. The van der Waals surface area contributed by atoms with Crippen molar-refractivity contribution in [3.63, 3.8) is 0 Å². The number of aryl methyl sites for hydroxylation is 4. The predicted molar refractivity (Wildman–Crippen MR) is 123 cm³/mol. The molecule has 0 spiro atoms. The fraction of sp³-hybridized carbons (Fsp3) is 0.192. The Balaban J connectivity index is 1.76. The number of aromatic nitrogens is 3. The van der Waals surface area contributed by atoms with Crippen LogP contribution in [-0.2, 0) is 6.54 Å². The molecule has 2 aromatic heterocycles. The van der Waals surface area contributed by atoms with Crippen LogP contribution in [0.2, 0.25) is 0 Å². The molecule has 31 heavy (non-hydrogen) atoms. The SMILES string of the molecule is Cc1ccc(C)c(-n2nc(-c3ccc(C)c(C)c3)cc2C(=O)NCc2ccncc2)c1. The summed E-state index contributed by atoms with van der Waals surface area (Å²) in [7, 11) is 0. The Bertz CT molecular complexity index is 1240. The molecule has 5 nitrogen and oxygen atoms in total. The summed E-state index contributed by atoms with van der Waals surface area (Å²) < 4.78 is 1.76. The number of hydrogen-bond acceptors (Lipinski definition) is 3. The average molecular weight is 411 g/mol. The van der Waals surface area contributed by atoms with Gasteiger partial charge in [-0.3, -0.25) is 9.78 Å². The molecule has 0 atom stereocenters. The van der Waals surface area contributed by atoms with Crippen molar-refractivity contribution in [3.8, 4) is 16.9 Å². The van der Waals surface area contributed by atoms with Crippen LogP contribution in [-0.4, -0.2) is 20.7 Å². The molecule has 0 saturated carbocycles. The van der Waals surface area contributed by atoms with E-state index in [1.807, 2.05) is 32.0 Å². The summed E-state index contributed by atoms with van der Waals surface area (Å²) in [5, 5.41) is 7.86. The van der Waals surface area contributed by atoms with Crippen LogP contribution in [0.1, 0.15) is 38.3 Å². The van der Waals surface area contributed by atoms with Gasteiger partial charge in [0.25, 0.3) is 5.91 Å². The largest absolute Gasteiger partial charge is 0.347 e. The van der Waals surface area contributed by atoms with E-state index in [0.717, 1.165) is 33.6 Å². The quantitative estimate of drug-likeness (QED) is 0.498. The number of nitrogens with zero attached hydrogens (tertiary/aromatic N) is 3. The Hall–Kier alpha value is -3.73. The lowest BCUT2D eigenvalue weighted by molar-refractivity contribution is 0.0943. The molecule has 156 valence electrons. The van der Waals surface area contributed by atoms with Gasteiger partial charge >= 0.3 is 0 Å². The Morgan fingerprint density at radius 3 is 2.35 bits per heavy atom. The summed E-state index contributed by atoms with van der Waals surface area (Å²) in [5.41, 5.74) is 8.79. The zero-order valence-corrected chi connectivity index (χ0v) is 18.3. The minimum atomic E-state index is -0.166. The Morgan fingerprint density at radius 2 is 1.61 bits per heavy atom. The maximum atomic E-state index is 13.2. The maximum Gasteiger partial charge on any atom is 0.270 e. The van der Waals surface area contributed by atoms with Gasteiger partial charge in [-0.2, -0.15) is 5.10 Å². The van der Waals surface area contributed by atoms with Gasteiger partial charge in [-0.25, -0.2) is 4.68 Å². The van der Waals surface area contributed by atoms with E-state index in [1.165, 1.54) is 11.1 Å². The fourth-order valence-electron chi connectivity index (χ4n) is 3.49. The highest BCUT2D eigenvalue weighted by Crippen LogP contribution is 2.25. The highest BCUT2D eigenvalue weighted by Gasteiger charge is 2.19. The molecule has 2 aromatic carbocycles. The van der Waals surface area contributed by atoms with Crippen LogP contribution in [0.15, 0.2) is 67.0 Å². The van der Waals surface area contributed by atoms with Gasteiger partial charge in [0, 0.05) is 24.5 Å². The topological polar surface area (TPSA) is 59.8 Å². The molecule has 1 N–H and O–H groups in total. The molecule has 0 saturated heterocycles. The summed E-state index contributed by atoms with van der Waals surface area (Å²) in [5.74, 6) is -0.166. The van der Waals surface area contributed by atoms with Crippen LogP contribution in [0, 0.1) is 27.7 Å². The predicted octanol–water partition coefficient (Wildman–Crippen LogP) is 5.10. The molecule has 0 unspecified atom stereocenters. The van der Waals surface area contributed by atoms with Crippen molar-refractivity contribution in [3.05, 3.63) is 101 Å². The maximum absolute atomic E-state index is 13.2. The second-order valence-electron chi connectivity index (χ2n) is 7.95. The van der Waals surface area contributed by atoms with Gasteiger partial charge in [-0.1, -0.05) is 24.3 Å². The minimum absolute atomic E-state index is 0.166. The van der Waals surface area contributed by atoms with Crippen LogP contribution in [0.25, 0.3) is 16.9 Å². The Kier molecular flexibility index (Phi) is 5.67. The van der Waals surface area contributed by atoms with Gasteiger partial charge in [-0.15, -0.1) is 0 Å². The van der Waals surface area contributed by atoms with Gasteiger partial charge in [-0.05, 0) is 85.8 Å². The van der Waals surface area contributed by atoms with E-state index >= 15 is 0 Å². The third-order valence-corrected chi connectivity index (χ3v) is 5.54. The third-order valence-electron chi connectivity index (χ3n) is 5.54. The number of rotatable bonds is 5. The van der Waals surface area contributed by atoms with E-state index in [1.54, 1.807) is 17.1 Å². The smallest absolute Gasteiger partial charge is 0.270 e. The number of hydrogen-bond donors (Lipinski definition) is 1.